The molecule has 3 aliphatic rings. The number of rotatable bonds is 5. The summed E-state index contributed by atoms with van der Waals surface area (Å²) < 4.78 is 5.42. The van der Waals surface area contributed by atoms with Gasteiger partial charge in [0.05, 0.1) is 13.2 Å². The average Bonchev–Trinajstić information content (AvgIpc) is 2.96. The quantitative estimate of drug-likeness (QED) is 0.774. The van der Waals surface area contributed by atoms with E-state index >= 15 is 0 Å². The van der Waals surface area contributed by atoms with Crippen LogP contribution >= 0.6 is 24.8 Å². The molecule has 0 aromatic heterocycles. The van der Waals surface area contributed by atoms with Crippen molar-refractivity contribution in [1.29, 1.82) is 0 Å². The second-order valence-electron chi connectivity index (χ2n) is 7.77. The summed E-state index contributed by atoms with van der Waals surface area (Å²) in [6.07, 6.45) is 5.52. The molecule has 2 bridgehead atoms. The van der Waals surface area contributed by atoms with Crippen molar-refractivity contribution in [1.82, 2.24) is 10.2 Å². The van der Waals surface area contributed by atoms with Gasteiger partial charge in [-0.3, -0.25) is 9.69 Å². The number of carbonyl (C=O) groups excluding carboxylic acids is 1. The van der Waals surface area contributed by atoms with Crippen molar-refractivity contribution < 1.29 is 9.53 Å². The summed E-state index contributed by atoms with van der Waals surface area (Å²) in [4.78, 5) is 15.0. The highest BCUT2D eigenvalue weighted by atomic mass is 35.5. The summed E-state index contributed by atoms with van der Waals surface area (Å²) in [5, 5.41) is 6.83. The van der Waals surface area contributed by atoms with Crippen LogP contribution in [0, 0.1) is 5.92 Å². The molecular formula is C20H31Cl2N3O2. The Morgan fingerprint density at radius 3 is 2.48 bits per heavy atom. The minimum atomic E-state index is 0. The van der Waals surface area contributed by atoms with Gasteiger partial charge in [0.1, 0.15) is 0 Å². The molecule has 3 saturated heterocycles. The van der Waals surface area contributed by atoms with E-state index < -0.39 is 0 Å². The first-order chi connectivity index (χ1) is 12.3. The Kier molecular flexibility index (Phi) is 8.83. The number of benzene rings is 1. The van der Waals surface area contributed by atoms with E-state index in [2.05, 4.69) is 27.7 Å². The van der Waals surface area contributed by atoms with Crippen molar-refractivity contribution in [3.63, 3.8) is 0 Å². The molecule has 2 atom stereocenters. The number of piperidine rings is 1. The zero-order chi connectivity index (χ0) is 17.1. The maximum absolute atomic E-state index is 12.6. The number of amides is 1. The van der Waals surface area contributed by atoms with Crippen LogP contribution in [0.4, 0.5) is 5.69 Å². The number of ether oxygens (including phenoxy) is 1. The van der Waals surface area contributed by atoms with E-state index in [1.165, 1.54) is 18.4 Å². The fourth-order valence-electron chi connectivity index (χ4n) is 4.59. The van der Waals surface area contributed by atoms with Gasteiger partial charge in [-0.25, -0.2) is 0 Å². The van der Waals surface area contributed by atoms with Crippen LogP contribution in [0.3, 0.4) is 0 Å². The molecule has 0 radical (unpaired) electrons. The Bertz CT molecular complexity index is 599. The first kappa shape index (κ1) is 22.4. The number of fused-ring (bicyclic) bond motifs is 2. The van der Waals surface area contributed by atoms with Crippen LogP contribution < -0.4 is 10.6 Å². The predicted octanol–water partition coefficient (Wildman–Crippen LogP) is 3.22. The van der Waals surface area contributed by atoms with Gasteiger partial charge in [-0.15, -0.1) is 24.8 Å². The van der Waals surface area contributed by atoms with E-state index in [0.717, 1.165) is 51.4 Å². The molecule has 3 aliphatic heterocycles. The van der Waals surface area contributed by atoms with Gasteiger partial charge in [0, 0.05) is 43.8 Å². The zero-order valence-electron chi connectivity index (χ0n) is 15.7. The van der Waals surface area contributed by atoms with Gasteiger partial charge in [-0.05, 0) is 43.2 Å². The fourth-order valence-corrected chi connectivity index (χ4v) is 4.59. The molecule has 0 spiro atoms. The summed E-state index contributed by atoms with van der Waals surface area (Å²) >= 11 is 0. The van der Waals surface area contributed by atoms with Crippen molar-refractivity contribution in [3.05, 3.63) is 29.8 Å². The molecule has 152 valence electrons. The lowest BCUT2D eigenvalue weighted by Gasteiger charge is -2.29. The third-order valence-electron chi connectivity index (χ3n) is 5.83. The summed E-state index contributed by atoms with van der Waals surface area (Å²) in [6, 6.07) is 9.49. The van der Waals surface area contributed by atoms with Crippen molar-refractivity contribution in [2.24, 2.45) is 5.92 Å². The number of para-hydroxylation sites is 1. The molecule has 5 nitrogen and oxygen atoms in total. The summed E-state index contributed by atoms with van der Waals surface area (Å²) in [6.45, 7) is 4.39. The van der Waals surface area contributed by atoms with Gasteiger partial charge >= 0.3 is 0 Å². The maximum atomic E-state index is 12.6. The molecule has 4 rings (SSSR count). The topological polar surface area (TPSA) is 53.6 Å². The van der Waals surface area contributed by atoms with E-state index in [4.69, 9.17) is 4.74 Å². The number of nitrogens with one attached hydrogen (secondary N) is 2. The lowest BCUT2D eigenvalue weighted by molar-refractivity contribution is -0.117. The predicted molar refractivity (Wildman–Crippen MR) is 113 cm³/mol. The molecule has 27 heavy (non-hydrogen) atoms. The molecule has 3 fully saturated rings. The largest absolute Gasteiger partial charge is 0.379 e. The van der Waals surface area contributed by atoms with Crippen molar-refractivity contribution >= 4 is 36.4 Å². The fraction of sp³-hybridized carbons (Fsp3) is 0.650. The van der Waals surface area contributed by atoms with Gasteiger partial charge in [0.25, 0.3) is 0 Å². The number of hydrogen-bond donors (Lipinski definition) is 2. The Morgan fingerprint density at radius 2 is 1.78 bits per heavy atom. The van der Waals surface area contributed by atoms with Gasteiger partial charge in [-0.2, -0.15) is 0 Å². The van der Waals surface area contributed by atoms with Crippen molar-refractivity contribution in [2.45, 2.75) is 50.7 Å². The maximum Gasteiger partial charge on any atom is 0.224 e. The van der Waals surface area contributed by atoms with Crippen LogP contribution in [-0.2, 0) is 16.1 Å². The number of carbonyl (C=O) groups is 1. The molecular weight excluding hydrogens is 385 g/mol. The standard InChI is InChI=1S/C20H29N3O2.2ClH/c24-20(13-15-11-17-5-6-18(12-15)21-17)22-19-4-2-1-3-16(19)14-23-7-9-25-10-8-23;;/h1-4,15,17-18,21H,5-14H2,(H,22,24);2*1H. The molecule has 2 N–H and O–H groups in total. The van der Waals surface area contributed by atoms with Crippen LogP contribution in [0.2, 0.25) is 0 Å². The van der Waals surface area contributed by atoms with Crippen molar-refractivity contribution in [2.75, 3.05) is 31.6 Å². The molecule has 1 aromatic rings. The van der Waals surface area contributed by atoms with E-state index in [-0.39, 0.29) is 30.7 Å². The van der Waals surface area contributed by atoms with Gasteiger partial charge < -0.3 is 15.4 Å². The van der Waals surface area contributed by atoms with Gasteiger partial charge in [-0.1, -0.05) is 18.2 Å². The van der Waals surface area contributed by atoms with Gasteiger partial charge in [0.2, 0.25) is 5.91 Å². The Morgan fingerprint density at radius 1 is 1.11 bits per heavy atom. The highest BCUT2D eigenvalue weighted by molar-refractivity contribution is 5.91. The highest BCUT2D eigenvalue weighted by Gasteiger charge is 2.34. The Balaban J connectivity index is 0.00000131. The molecule has 2 unspecified atom stereocenters. The molecule has 1 aromatic carbocycles. The molecule has 1 amide bonds. The number of anilines is 1. The molecule has 3 heterocycles. The van der Waals surface area contributed by atoms with E-state index in [1.54, 1.807) is 0 Å². The van der Waals surface area contributed by atoms with Crippen molar-refractivity contribution in [3.8, 4) is 0 Å². The Hall–Kier alpha value is -0.850. The van der Waals surface area contributed by atoms with Crippen LogP contribution in [-0.4, -0.2) is 49.2 Å². The Labute approximate surface area is 174 Å². The number of morpholine rings is 1. The zero-order valence-corrected chi connectivity index (χ0v) is 17.3. The third kappa shape index (κ3) is 6.06. The van der Waals surface area contributed by atoms with Crippen LogP contribution in [0.1, 0.15) is 37.7 Å². The van der Waals surface area contributed by atoms with Crippen LogP contribution in [0.25, 0.3) is 0 Å². The summed E-state index contributed by atoms with van der Waals surface area (Å²) in [5.41, 5.74) is 2.17. The van der Waals surface area contributed by atoms with Gasteiger partial charge in [0.15, 0.2) is 0 Å². The minimum Gasteiger partial charge on any atom is -0.379 e. The first-order valence-electron chi connectivity index (χ1n) is 9.70. The lowest BCUT2D eigenvalue weighted by Crippen LogP contribution is -2.39. The highest BCUT2D eigenvalue weighted by Crippen LogP contribution is 2.33. The molecule has 7 heteroatoms. The number of nitrogens with zero attached hydrogens (tertiary/aromatic N) is 1. The third-order valence-corrected chi connectivity index (χ3v) is 5.83. The number of halogens is 2. The molecule has 0 aliphatic carbocycles. The van der Waals surface area contributed by atoms with E-state index in [1.807, 2.05) is 12.1 Å². The second kappa shape index (κ2) is 10.6. The van der Waals surface area contributed by atoms with Crippen LogP contribution in [0.15, 0.2) is 24.3 Å². The lowest BCUT2D eigenvalue weighted by atomic mass is 9.89. The average molecular weight is 416 g/mol. The molecule has 0 saturated carbocycles. The number of hydrogen-bond acceptors (Lipinski definition) is 4. The minimum absolute atomic E-state index is 0. The van der Waals surface area contributed by atoms with E-state index in [9.17, 15) is 4.79 Å². The first-order valence-corrected chi connectivity index (χ1v) is 9.70. The summed E-state index contributed by atoms with van der Waals surface area (Å²) in [5.74, 6) is 0.700. The second-order valence-corrected chi connectivity index (χ2v) is 7.77. The smallest absolute Gasteiger partial charge is 0.224 e. The van der Waals surface area contributed by atoms with Crippen LogP contribution in [0.5, 0.6) is 0 Å². The monoisotopic (exact) mass is 415 g/mol. The van der Waals surface area contributed by atoms with E-state index in [0.29, 0.717) is 24.4 Å². The normalized spacial score (nSPS) is 27.3. The SMILES string of the molecule is Cl.Cl.O=C(CC1CC2CCC(C1)N2)Nc1ccccc1CN1CCOCC1. The summed E-state index contributed by atoms with van der Waals surface area (Å²) in [7, 11) is 0.